The maximum atomic E-state index is 12.4. The minimum absolute atomic E-state index is 0. The molecule has 3 rings (SSSR count). The van der Waals surface area contributed by atoms with Crippen LogP contribution >= 0.6 is 24.0 Å². The molecule has 166 valence electrons. The van der Waals surface area contributed by atoms with E-state index in [1.807, 2.05) is 56.3 Å². The van der Waals surface area contributed by atoms with Gasteiger partial charge in [-0.15, -0.1) is 24.0 Å². The van der Waals surface area contributed by atoms with E-state index in [4.69, 9.17) is 0 Å². The molecular weight excluding hydrogens is 507 g/mol. The number of nitrogens with zero attached hydrogens (tertiary/aromatic N) is 3. The van der Waals surface area contributed by atoms with Crippen LogP contribution in [0.5, 0.6) is 0 Å². The first-order valence-electron chi connectivity index (χ1n) is 10.2. The molecular formula is C22H29IN6O2. The normalized spacial score (nSPS) is 15.9. The lowest BCUT2D eigenvalue weighted by molar-refractivity contribution is -0.117. The summed E-state index contributed by atoms with van der Waals surface area (Å²) in [5.41, 5.74) is 1.75. The lowest BCUT2D eigenvalue weighted by Gasteiger charge is -2.19. The number of halogens is 1. The molecule has 0 spiro atoms. The number of anilines is 2. The van der Waals surface area contributed by atoms with E-state index >= 15 is 0 Å². The van der Waals surface area contributed by atoms with Crippen molar-refractivity contribution < 1.29 is 9.59 Å². The number of aromatic nitrogens is 1. The largest absolute Gasteiger partial charge is 0.357 e. The fourth-order valence-corrected chi connectivity index (χ4v) is 3.26. The highest BCUT2D eigenvalue weighted by molar-refractivity contribution is 14.0. The summed E-state index contributed by atoms with van der Waals surface area (Å²) in [7, 11) is 0. The Labute approximate surface area is 199 Å². The Kier molecular flexibility index (Phi) is 9.70. The number of para-hydroxylation sites is 1. The molecule has 0 aliphatic carbocycles. The zero-order chi connectivity index (χ0) is 21.3. The maximum Gasteiger partial charge on any atom is 0.229 e. The fraction of sp³-hybridized carbons (Fsp3) is 0.364. The number of hydrogen-bond donors (Lipinski definition) is 3. The summed E-state index contributed by atoms with van der Waals surface area (Å²) in [5, 5.41) is 9.27. The molecule has 0 radical (unpaired) electrons. The highest BCUT2D eigenvalue weighted by Crippen LogP contribution is 2.20. The van der Waals surface area contributed by atoms with Crippen molar-refractivity contribution in [3.63, 3.8) is 0 Å². The van der Waals surface area contributed by atoms with Crippen LogP contribution in [0.25, 0.3) is 0 Å². The summed E-state index contributed by atoms with van der Waals surface area (Å²) >= 11 is 0. The van der Waals surface area contributed by atoms with Crippen molar-refractivity contribution in [2.75, 3.05) is 29.9 Å². The predicted octanol–water partition coefficient (Wildman–Crippen LogP) is 2.70. The van der Waals surface area contributed by atoms with E-state index in [2.05, 4.69) is 25.9 Å². The Hall–Kier alpha value is -2.69. The van der Waals surface area contributed by atoms with Crippen LogP contribution in [-0.2, 0) is 9.59 Å². The van der Waals surface area contributed by atoms with Crippen LogP contribution < -0.4 is 20.9 Å². The molecule has 1 aromatic heterocycles. The zero-order valence-electron chi connectivity index (χ0n) is 17.8. The number of hydrogen-bond acceptors (Lipinski definition) is 4. The van der Waals surface area contributed by atoms with Gasteiger partial charge in [-0.3, -0.25) is 14.6 Å². The maximum absolute atomic E-state index is 12.4. The first kappa shape index (κ1) is 24.6. The first-order chi connectivity index (χ1) is 14.5. The number of aliphatic imine (C=N–C) groups is 1. The predicted molar refractivity (Wildman–Crippen MR) is 134 cm³/mol. The Morgan fingerprint density at radius 1 is 1.19 bits per heavy atom. The average Bonchev–Trinajstić information content (AvgIpc) is 3.09. The zero-order valence-corrected chi connectivity index (χ0v) is 20.1. The number of amides is 2. The molecule has 1 aliphatic heterocycles. The van der Waals surface area contributed by atoms with E-state index in [1.165, 1.54) is 0 Å². The van der Waals surface area contributed by atoms with Gasteiger partial charge in [0.25, 0.3) is 0 Å². The van der Waals surface area contributed by atoms with Crippen molar-refractivity contribution >= 4 is 53.3 Å². The number of carbonyl (C=O) groups excluding carboxylic acids is 2. The first-order valence-corrected chi connectivity index (χ1v) is 10.2. The molecule has 9 heteroatoms. The minimum atomic E-state index is -0.140. The molecule has 0 bridgehead atoms. The van der Waals surface area contributed by atoms with Gasteiger partial charge in [-0.2, -0.15) is 0 Å². The molecule has 2 amide bonds. The quantitative estimate of drug-likeness (QED) is 0.287. The van der Waals surface area contributed by atoms with E-state index in [9.17, 15) is 9.59 Å². The molecule has 3 N–H and O–H groups in total. The van der Waals surface area contributed by atoms with Crippen molar-refractivity contribution in [3.8, 4) is 0 Å². The smallest absolute Gasteiger partial charge is 0.229 e. The van der Waals surface area contributed by atoms with Gasteiger partial charge in [0.15, 0.2) is 5.96 Å². The van der Waals surface area contributed by atoms with Gasteiger partial charge in [0.1, 0.15) is 5.82 Å². The number of pyridine rings is 1. The third kappa shape index (κ3) is 7.50. The highest BCUT2D eigenvalue weighted by Gasteiger charge is 2.31. The van der Waals surface area contributed by atoms with Crippen molar-refractivity contribution in [2.45, 2.75) is 32.7 Å². The Morgan fingerprint density at radius 2 is 1.97 bits per heavy atom. The third-order valence-corrected chi connectivity index (χ3v) is 4.64. The second-order valence-corrected chi connectivity index (χ2v) is 7.11. The summed E-state index contributed by atoms with van der Waals surface area (Å²) in [6.07, 6.45) is 0.644. The van der Waals surface area contributed by atoms with Gasteiger partial charge >= 0.3 is 0 Å². The van der Waals surface area contributed by atoms with Crippen LogP contribution in [0.4, 0.5) is 11.5 Å². The molecule has 2 aromatic rings. The minimum Gasteiger partial charge on any atom is -0.357 e. The van der Waals surface area contributed by atoms with Crippen LogP contribution in [0.3, 0.4) is 0 Å². The Balaban J connectivity index is 0.00000341. The van der Waals surface area contributed by atoms with E-state index < -0.39 is 0 Å². The molecule has 1 fully saturated rings. The molecule has 1 aliphatic rings. The Morgan fingerprint density at radius 3 is 2.68 bits per heavy atom. The second-order valence-electron chi connectivity index (χ2n) is 7.11. The van der Waals surface area contributed by atoms with E-state index in [1.54, 1.807) is 11.0 Å². The van der Waals surface area contributed by atoms with Gasteiger partial charge in [-0.05, 0) is 38.1 Å². The van der Waals surface area contributed by atoms with Crippen LogP contribution in [0.15, 0.2) is 53.5 Å². The summed E-state index contributed by atoms with van der Waals surface area (Å²) < 4.78 is 0. The van der Waals surface area contributed by atoms with Gasteiger partial charge in [-0.25, -0.2) is 4.98 Å². The Bertz CT molecular complexity index is 906. The molecule has 1 saturated heterocycles. The van der Waals surface area contributed by atoms with Crippen molar-refractivity contribution in [2.24, 2.45) is 4.99 Å². The molecule has 1 aromatic carbocycles. The van der Waals surface area contributed by atoms with Gasteiger partial charge in [0.05, 0.1) is 12.6 Å². The lowest BCUT2D eigenvalue weighted by atomic mass is 10.2. The number of rotatable bonds is 7. The molecule has 2 heterocycles. The number of nitrogens with one attached hydrogen (secondary N) is 3. The average molecular weight is 536 g/mol. The van der Waals surface area contributed by atoms with E-state index in [0.29, 0.717) is 37.8 Å². The van der Waals surface area contributed by atoms with Crippen molar-refractivity contribution in [3.05, 3.63) is 54.2 Å². The topological polar surface area (TPSA) is 98.7 Å². The summed E-state index contributed by atoms with van der Waals surface area (Å²) in [6.45, 7) is 5.45. The second kappa shape index (κ2) is 12.2. The van der Waals surface area contributed by atoms with Crippen LogP contribution in [0.1, 0.15) is 25.5 Å². The SMILES string of the molecule is CCNC(=NCCC(=O)Nc1cccc(C)n1)NC1CC(=O)N(c2ccccc2)C1.I. The monoisotopic (exact) mass is 536 g/mol. The fourth-order valence-electron chi connectivity index (χ4n) is 3.26. The highest BCUT2D eigenvalue weighted by atomic mass is 127. The number of aryl methyl sites for hydroxylation is 1. The van der Waals surface area contributed by atoms with Crippen molar-refractivity contribution in [1.82, 2.24) is 15.6 Å². The van der Waals surface area contributed by atoms with Gasteiger partial charge in [0, 0.05) is 37.3 Å². The summed E-state index contributed by atoms with van der Waals surface area (Å²) in [6, 6.07) is 15.1. The molecule has 0 saturated carbocycles. The number of carbonyl (C=O) groups is 2. The third-order valence-electron chi connectivity index (χ3n) is 4.64. The van der Waals surface area contributed by atoms with Gasteiger partial charge in [0.2, 0.25) is 11.8 Å². The molecule has 1 unspecified atom stereocenters. The van der Waals surface area contributed by atoms with Crippen LogP contribution in [0.2, 0.25) is 0 Å². The molecule has 8 nitrogen and oxygen atoms in total. The summed E-state index contributed by atoms with van der Waals surface area (Å²) in [5.74, 6) is 1.09. The lowest BCUT2D eigenvalue weighted by Crippen LogP contribution is -2.44. The number of benzene rings is 1. The van der Waals surface area contributed by atoms with E-state index in [-0.39, 0.29) is 48.3 Å². The standard InChI is InChI=1S/C22H28N6O2.HI/c1-3-23-22(24-13-12-20(29)27-19-11-7-8-16(2)25-19)26-17-14-21(30)28(15-17)18-9-5-4-6-10-18;/h4-11,17H,3,12-15H2,1-2H3,(H2,23,24,26)(H,25,27,29);1H. The van der Waals surface area contributed by atoms with Gasteiger partial charge < -0.3 is 20.9 Å². The number of guanidine groups is 1. The molecule has 1 atom stereocenters. The van der Waals surface area contributed by atoms with Crippen LogP contribution in [-0.4, -0.2) is 48.4 Å². The van der Waals surface area contributed by atoms with Gasteiger partial charge in [-0.1, -0.05) is 24.3 Å². The summed E-state index contributed by atoms with van der Waals surface area (Å²) in [4.78, 5) is 35.1. The van der Waals surface area contributed by atoms with E-state index in [0.717, 1.165) is 11.4 Å². The van der Waals surface area contributed by atoms with Crippen LogP contribution in [0, 0.1) is 6.92 Å². The van der Waals surface area contributed by atoms with Crippen molar-refractivity contribution in [1.29, 1.82) is 0 Å². The molecule has 31 heavy (non-hydrogen) atoms.